The van der Waals surface area contributed by atoms with Gasteiger partial charge in [-0.05, 0) is 47.9 Å². The zero-order valence-corrected chi connectivity index (χ0v) is 39.1. The third-order valence-corrected chi connectivity index (χ3v) is 10.00. The van der Waals surface area contributed by atoms with Crippen LogP contribution in [0.1, 0.15) is 40.4 Å². The largest absolute Gasteiger partial charge is 1.00 e. The van der Waals surface area contributed by atoms with Crippen molar-refractivity contribution in [1.82, 2.24) is 10.6 Å². The van der Waals surface area contributed by atoms with E-state index in [1.807, 2.05) is 87.2 Å². The van der Waals surface area contributed by atoms with Crippen LogP contribution >= 0.6 is 0 Å². The zero-order chi connectivity index (χ0) is 42.8. The summed E-state index contributed by atoms with van der Waals surface area (Å²) in [7, 11) is -5.02. The lowest BCUT2D eigenvalue weighted by atomic mass is 9.77. The van der Waals surface area contributed by atoms with Crippen molar-refractivity contribution in [3.63, 3.8) is 0 Å². The molecule has 13 nitrogen and oxygen atoms in total. The van der Waals surface area contributed by atoms with Crippen molar-refractivity contribution in [3.05, 3.63) is 169 Å². The Kier molecular flexibility index (Phi) is 20.7. The Hall–Kier alpha value is -4.82. The summed E-state index contributed by atoms with van der Waals surface area (Å²) in [5.41, 5.74) is 6.91. The van der Waals surface area contributed by atoms with Gasteiger partial charge < -0.3 is 91.7 Å². The third kappa shape index (κ3) is 14.3. The quantitative estimate of drug-likeness (QED) is 0.0191. The van der Waals surface area contributed by atoms with Crippen molar-refractivity contribution in [2.75, 3.05) is 13.1 Å². The van der Waals surface area contributed by atoms with Gasteiger partial charge in [0, 0.05) is 41.4 Å². The minimum absolute atomic E-state index is 0. The molecule has 0 bridgehead atoms. The second kappa shape index (κ2) is 24.9. The van der Waals surface area contributed by atoms with Crippen LogP contribution in [0.2, 0.25) is 0 Å². The van der Waals surface area contributed by atoms with E-state index in [9.17, 15) is 39.7 Å². The lowest BCUT2D eigenvalue weighted by molar-refractivity contribution is -0.689. The molecule has 63 heavy (non-hydrogen) atoms. The minimum Gasteiger partial charge on any atom is -1.00 e. The number of hydrogen-bond donors (Lipinski definition) is 8. The Bertz CT molecular complexity index is 2520. The van der Waals surface area contributed by atoms with E-state index < -0.39 is 21.4 Å². The van der Waals surface area contributed by atoms with Crippen molar-refractivity contribution in [3.8, 4) is 22.3 Å². The van der Waals surface area contributed by atoms with Crippen LogP contribution in [0.4, 0.5) is 0 Å². The Morgan fingerprint density at radius 2 is 0.952 bits per heavy atom. The van der Waals surface area contributed by atoms with Crippen LogP contribution in [0.5, 0.6) is 0 Å². The molecule has 2 amide bonds. The van der Waals surface area contributed by atoms with Crippen LogP contribution in [-0.2, 0) is 24.4 Å². The standard InChI is InChI=1S/C44H45B3N5O8.3BrH/c1-31(2)43(53)48-18-10-19-49-44(54)39-22-38(29-52(30-39)26-35-13-5-8-17-42(35)47(59)60)37-21-36(27-51(28-37)25-34-12-4-7-16-41(34)46(57)58)32-14-9-20-50(23-32)24-33-11-3-6-15-40(33)45(55)56;;;/h3-9,11-17,20-23,27-30,55-60H,1,10,18-19,24-26H2,2H3;3*1H/q+1;;;/p-1. The molecular weight excluding hydrogens is 999 g/mol. The van der Waals surface area contributed by atoms with Gasteiger partial charge in [-0.25, -0.2) is 4.57 Å². The van der Waals surface area contributed by atoms with Crippen LogP contribution in [0.25, 0.3) is 22.3 Å². The van der Waals surface area contributed by atoms with Crippen molar-refractivity contribution in [2.24, 2.45) is 0 Å². The summed E-state index contributed by atoms with van der Waals surface area (Å²) in [6.07, 6.45) is 11.8. The highest BCUT2D eigenvalue weighted by atomic mass is 79.9. The highest BCUT2D eigenvalue weighted by molar-refractivity contribution is 6.60. The zero-order valence-electron chi connectivity index (χ0n) is 34.4. The van der Waals surface area contributed by atoms with Crippen LogP contribution in [0.3, 0.4) is 0 Å². The molecule has 0 aliphatic rings. The minimum atomic E-state index is -1.70. The predicted octanol–water partition coefficient (Wildman–Crippen LogP) is -10.1. The highest BCUT2D eigenvalue weighted by Gasteiger charge is 2.24. The molecule has 0 aliphatic heterocycles. The fraction of sp³-hybridized carbons (Fsp3) is 0.159. The number of nitrogens with zero attached hydrogens (tertiary/aromatic N) is 3. The maximum absolute atomic E-state index is 13.8. The lowest BCUT2D eigenvalue weighted by Gasteiger charge is -2.11. The van der Waals surface area contributed by atoms with E-state index in [2.05, 4.69) is 17.2 Å². The molecule has 19 heteroatoms. The average Bonchev–Trinajstić information content (AvgIpc) is 3.23. The molecular formula is C44H47B3Br3N5O8. The Morgan fingerprint density at radius 3 is 1.44 bits per heavy atom. The molecule has 0 unspecified atom stereocenters. The first kappa shape index (κ1) is 52.5. The first-order chi connectivity index (χ1) is 28.9. The van der Waals surface area contributed by atoms with Crippen LogP contribution in [0.15, 0.2) is 146 Å². The van der Waals surface area contributed by atoms with Gasteiger partial charge in [-0.15, -0.1) is 0 Å². The summed E-state index contributed by atoms with van der Waals surface area (Å²) in [4.78, 5) is 25.7. The molecule has 0 saturated heterocycles. The van der Waals surface area contributed by atoms with Crippen molar-refractivity contribution >= 4 is 49.6 Å². The second-order valence-electron chi connectivity index (χ2n) is 14.6. The van der Waals surface area contributed by atoms with Crippen LogP contribution < -0.4 is 91.7 Å². The van der Waals surface area contributed by atoms with Gasteiger partial charge in [0.1, 0.15) is 5.56 Å². The van der Waals surface area contributed by atoms with Gasteiger partial charge in [0.25, 0.3) is 5.91 Å². The molecule has 3 aromatic heterocycles. The summed E-state index contributed by atoms with van der Waals surface area (Å²) < 4.78 is 5.70. The fourth-order valence-corrected chi connectivity index (χ4v) is 6.97. The monoisotopic (exact) mass is 1040 g/mol. The summed E-state index contributed by atoms with van der Waals surface area (Å²) in [5, 5.41) is 66.4. The van der Waals surface area contributed by atoms with E-state index in [0.29, 0.717) is 70.3 Å². The van der Waals surface area contributed by atoms with Crippen LogP contribution in [-0.4, -0.2) is 76.4 Å². The maximum atomic E-state index is 13.8. The SMILES string of the molecule is C=C(C)C(=O)NCCCNC(=O)c1cc(-c2cc(-c3ccc[n+](Cc4ccccc4B(O)O)c3)c[n+](Cc3ccccc3B(O)O)c2)c[n+](Cc2ccccc2B(O)O)c1.[Br-].[Br-].[Br-]. The summed E-state index contributed by atoms with van der Waals surface area (Å²) in [6.45, 7) is 6.76. The number of pyridine rings is 3. The molecule has 3 heterocycles. The number of aromatic nitrogens is 3. The number of rotatable bonds is 17. The first-order valence-electron chi connectivity index (χ1n) is 19.5. The first-order valence-corrected chi connectivity index (χ1v) is 19.5. The smallest absolute Gasteiger partial charge is 0.488 e. The Labute approximate surface area is 399 Å². The molecule has 0 fully saturated rings. The van der Waals surface area contributed by atoms with Gasteiger partial charge >= 0.3 is 21.4 Å². The van der Waals surface area contributed by atoms with E-state index in [1.165, 1.54) is 0 Å². The van der Waals surface area contributed by atoms with E-state index in [1.54, 1.807) is 67.7 Å². The molecule has 0 saturated carbocycles. The summed E-state index contributed by atoms with van der Waals surface area (Å²) >= 11 is 0. The van der Waals surface area contributed by atoms with Crippen molar-refractivity contribution in [1.29, 1.82) is 0 Å². The lowest BCUT2D eigenvalue weighted by Crippen LogP contribution is -3.00. The number of carbonyl (C=O) groups excluding carboxylic acids is 2. The van der Waals surface area contributed by atoms with Gasteiger partial charge in [0.2, 0.25) is 5.91 Å². The van der Waals surface area contributed by atoms with Crippen molar-refractivity contribution in [2.45, 2.75) is 33.0 Å². The highest BCUT2D eigenvalue weighted by Crippen LogP contribution is 2.25. The molecule has 326 valence electrons. The van der Waals surface area contributed by atoms with E-state index >= 15 is 0 Å². The van der Waals surface area contributed by atoms with Crippen molar-refractivity contribution < 1.29 is 104 Å². The topological polar surface area (TPSA) is 191 Å². The maximum Gasteiger partial charge on any atom is 0.488 e. The fourth-order valence-electron chi connectivity index (χ4n) is 6.97. The Balaban J connectivity index is 0.00000352. The second-order valence-corrected chi connectivity index (χ2v) is 14.6. The molecule has 8 N–H and O–H groups in total. The molecule has 0 atom stereocenters. The van der Waals surface area contributed by atoms with Gasteiger partial charge in [-0.1, -0.05) is 79.4 Å². The number of amides is 2. The van der Waals surface area contributed by atoms with E-state index in [0.717, 1.165) is 22.3 Å². The van der Waals surface area contributed by atoms with Gasteiger partial charge in [-0.3, -0.25) is 9.59 Å². The average molecular weight is 1050 g/mol. The van der Waals surface area contributed by atoms with Crippen LogP contribution in [0, 0.1) is 0 Å². The number of nitrogens with one attached hydrogen (secondary N) is 2. The number of hydrogen-bond acceptors (Lipinski definition) is 8. The third-order valence-electron chi connectivity index (χ3n) is 10.00. The molecule has 0 spiro atoms. The number of carbonyl (C=O) groups is 2. The van der Waals surface area contributed by atoms with Gasteiger partial charge in [0.05, 0.1) is 22.3 Å². The number of benzene rings is 3. The van der Waals surface area contributed by atoms with E-state index in [4.69, 9.17) is 0 Å². The molecule has 6 rings (SSSR count). The summed E-state index contributed by atoms with van der Waals surface area (Å²) in [5.74, 6) is -0.601. The van der Waals surface area contributed by atoms with E-state index in [-0.39, 0.29) is 75.8 Å². The molecule has 0 aliphatic carbocycles. The predicted molar refractivity (Wildman–Crippen MR) is 229 cm³/mol. The number of halogens is 3. The normalized spacial score (nSPS) is 10.3. The summed E-state index contributed by atoms with van der Waals surface area (Å²) in [6, 6.07) is 28.7. The molecule has 0 radical (unpaired) electrons. The van der Waals surface area contributed by atoms with Gasteiger partial charge in [0.15, 0.2) is 56.8 Å². The van der Waals surface area contributed by atoms with Gasteiger partial charge in [-0.2, -0.15) is 9.13 Å². The molecule has 6 aromatic rings. The molecule has 3 aromatic carbocycles. The Morgan fingerprint density at radius 1 is 0.540 bits per heavy atom.